The van der Waals surface area contributed by atoms with Gasteiger partial charge in [0.1, 0.15) is 0 Å². The monoisotopic (exact) mass is 350 g/mol. The van der Waals surface area contributed by atoms with E-state index in [-0.39, 0.29) is 0 Å². The first-order chi connectivity index (χ1) is 12.2. The average molecular weight is 351 g/mol. The minimum absolute atomic E-state index is 0.528. The molecule has 0 spiro atoms. The van der Waals surface area contributed by atoms with Crippen LogP contribution in [0.5, 0.6) is 0 Å². The lowest BCUT2D eigenvalue weighted by molar-refractivity contribution is -0.150. The number of rotatable bonds is 17. The molecule has 0 amide bonds. The summed E-state index contributed by atoms with van der Waals surface area (Å²) in [5.41, 5.74) is 0. The van der Waals surface area contributed by atoms with Crippen LogP contribution in [-0.4, -0.2) is 23.8 Å². The molecule has 0 radical (unpaired) electrons. The second-order valence-corrected chi connectivity index (χ2v) is 6.34. The summed E-state index contributed by atoms with van der Waals surface area (Å²) in [4.78, 5) is 10.8. The van der Waals surface area contributed by atoms with Crippen molar-refractivity contribution < 1.29 is 14.6 Å². The van der Waals surface area contributed by atoms with Crippen molar-refractivity contribution in [1.82, 2.24) is 0 Å². The van der Waals surface area contributed by atoms with Crippen molar-refractivity contribution in [2.24, 2.45) is 0 Å². The van der Waals surface area contributed by atoms with Crippen LogP contribution in [-0.2, 0) is 9.53 Å². The zero-order chi connectivity index (χ0) is 18.6. The zero-order valence-electron chi connectivity index (χ0n) is 16.3. The molecule has 0 saturated heterocycles. The number of unbranched alkanes of at least 4 members (excludes halogenated alkanes) is 6. The van der Waals surface area contributed by atoms with Crippen molar-refractivity contribution in [2.45, 2.75) is 90.6 Å². The lowest BCUT2D eigenvalue weighted by Crippen LogP contribution is -2.23. The van der Waals surface area contributed by atoms with Crippen LogP contribution in [0.25, 0.3) is 0 Å². The highest BCUT2D eigenvalue weighted by Gasteiger charge is 2.14. The molecule has 0 aromatic carbocycles. The highest BCUT2D eigenvalue weighted by molar-refractivity contribution is 5.72. The highest BCUT2D eigenvalue weighted by Crippen LogP contribution is 2.05. The summed E-state index contributed by atoms with van der Waals surface area (Å²) >= 11 is 0. The van der Waals surface area contributed by atoms with Crippen molar-refractivity contribution in [3.63, 3.8) is 0 Å². The summed E-state index contributed by atoms with van der Waals surface area (Å²) in [7, 11) is 0. The number of carboxylic acid groups (broad SMARTS) is 1. The highest BCUT2D eigenvalue weighted by atomic mass is 16.5. The van der Waals surface area contributed by atoms with Crippen molar-refractivity contribution in [1.29, 1.82) is 0 Å². The van der Waals surface area contributed by atoms with E-state index < -0.39 is 12.1 Å². The van der Waals surface area contributed by atoms with E-state index in [0.717, 1.165) is 38.5 Å². The Hall–Kier alpha value is -1.35. The maximum Gasteiger partial charge on any atom is 0.332 e. The van der Waals surface area contributed by atoms with Gasteiger partial charge in [-0.3, -0.25) is 0 Å². The van der Waals surface area contributed by atoms with Gasteiger partial charge < -0.3 is 9.84 Å². The van der Waals surface area contributed by atoms with E-state index in [1.165, 1.54) is 25.7 Å². The molecule has 0 aliphatic rings. The smallest absolute Gasteiger partial charge is 0.332 e. The number of hydrogen-bond donors (Lipinski definition) is 1. The van der Waals surface area contributed by atoms with Gasteiger partial charge in [-0.15, -0.1) is 0 Å². The third-order valence-corrected chi connectivity index (χ3v) is 4.00. The van der Waals surface area contributed by atoms with E-state index in [4.69, 9.17) is 9.84 Å². The van der Waals surface area contributed by atoms with E-state index in [1.807, 2.05) is 6.92 Å². The van der Waals surface area contributed by atoms with Gasteiger partial charge in [-0.05, 0) is 51.4 Å². The van der Waals surface area contributed by atoms with Gasteiger partial charge >= 0.3 is 5.97 Å². The molecule has 144 valence electrons. The van der Waals surface area contributed by atoms with Crippen molar-refractivity contribution in [2.75, 3.05) is 6.61 Å². The molecule has 0 rings (SSSR count). The Kier molecular flexibility index (Phi) is 18.0. The molecule has 0 aliphatic carbocycles. The Morgan fingerprint density at radius 3 is 1.92 bits per heavy atom. The molecule has 0 heterocycles. The fourth-order valence-corrected chi connectivity index (χ4v) is 2.42. The molecule has 1 N–H and O–H groups in total. The minimum atomic E-state index is -0.856. The maximum atomic E-state index is 10.8. The number of ether oxygens (including phenoxy) is 1. The fourth-order valence-electron chi connectivity index (χ4n) is 2.42. The molecule has 0 saturated carbocycles. The van der Waals surface area contributed by atoms with Crippen LogP contribution in [0.3, 0.4) is 0 Å². The van der Waals surface area contributed by atoms with E-state index in [0.29, 0.717) is 13.0 Å². The van der Waals surface area contributed by atoms with Gasteiger partial charge in [0.25, 0.3) is 0 Å². The molecule has 0 bridgehead atoms. The summed E-state index contributed by atoms with van der Waals surface area (Å²) in [5, 5.41) is 8.86. The van der Waals surface area contributed by atoms with Crippen molar-refractivity contribution in [3.8, 4) is 0 Å². The van der Waals surface area contributed by atoms with Gasteiger partial charge in [0.15, 0.2) is 6.10 Å². The summed E-state index contributed by atoms with van der Waals surface area (Å²) < 4.78 is 5.34. The van der Waals surface area contributed by atoms with E-state index in [1.54, 1.807) is 0 Å². The molecule has 1 unspecified atom stereocenters. The van der Waals surface area contributed by atoms with Gasteiger partial charge in [-0.2, -0.15) is 0 Å². The first-order valence-electron chi connectivity index (χ1n) is 10.0. The molecule has 25 heavy (non-hydrogen) atoms. The number of carbonyl (C=O) groups is 1. The molecule has 0 fully saturated rings. The van der Waals surface area contributed by atoms with Crippen molar-refractivity contribution in [3.05, 3.63) is 36.5 Å². The minimum Gasteiger partial charge on any atom is -0.479 e. The van der Waals surface area contributed by atoms with E-state index >= 15 is 0 Å². The largest absolute Gasteiger partial charge is 0.479 e. The third kappa shape index (κ3) is 17.3. The van der Waals surface area contributed by atoms with Crippen LogP contribution in [0.15, 0.2) is 36.5 Å². The number of allylic oxidation sites excluding steroid dienone is 6. The average Bonchev–Trinajstić information content (AvgIpc) is 2.60. The molecule has 1 atom stereocenters. The molecule has 3 nitrogen and oxygen atoms in total. The van der Waals surface area contributed by atoms with Crippen LogP contribution in [0.1, 0.15) is 84.5 Å². The van der Waals surface area contributed by atoms with E-state index in [2.05, 4.69) is 43.4 Å². The zero-order valence-corrected chi connectivity index (χ0v) is 16.3. The van der Waals surface area contributed by atoms with Crippen molar-refractivity contribution >= 4 is 5.97 Å². The van der Waals surface area contributed by atoms with Crippen LogP contribution in [0.4, 0.5) is 0 Å². The summed E-state index contributed by atoms with van der Waals surface area (Å²) in [5.74, 6) is -0.856. The third-order valence-electron chi connectivity index (χ3n) is 4.00. The topological polar surface area (TPSA) is 46.5 Å². The number of aliphatic carboxylic acids is 1. The first-order valence-corrected chi connectivity index (χ1v) is 10.0. The van der Waals surface area contributed by atoms with Crippen LogP contribution >= 0.6 is 0 Å². The lowest BCUT2D eigenvalue weighted by atomic mass is 10.2. The molecule has 0 aromatic heterocycles. The predicted molar refractivity (Wildman–Crippen MR) is 107 cm³/mol. The Balaban J connectivity index is 3.40. The second kappa shape index (κ2) is 19.0. The fraction of sp³-hybridized carbons (Fsp3) is 0.682. The maximum absolute atomic E-state index is 10.8. The Morgan fingerprint density at radius 2 is 1.40 bits per heavy atom. The molecular formula is C22H38O3. The standard InChI is InChI=1S/C22H38O3/c1-3-5-6-7-8-9-10-11-12-13-14-15-16-17-18-19-20-25-21(4-2)22(23)24/h8-9,11-12,14-15,21H,3-7,10,13,16-20H2,1-2H3,(H,23,24)/b9-8-,12-11-,15-14-. The molecule has 0 aromatic rings. The summed E-state index contributed by atoms with van der Waals surface area (Å²) in [6.45, 7) is 4.61. The van der Waals surface area contributed by atoms with Gasteiger partial charge in [0.05, 0.1) is 0 Å². The Morgan fingerprint density at radius 1 is 0.840 bits per heavy atom. The number of hydrogen-bond acceptors (Lipinski definition) is 2. The van der Waals surface area contributed by atoms with E-state index in [9.17, 15) is 4.79 Å². The molecule has 3 heteroatoms. The van der Waals surface area contributed by atoms with Crippen LogP contribution in [0.2, 0.25) is 0 Å². The lowest BCUT2D eigenvalue weighted by Gasteiger charge is -2.10. The SMILES string of the molecule is CCCCC/C=C\C/C=C\C/C=C\CCCCCOC(CC)C(=O)O. The molecular weight excluding hydrogens is 312 g/mol. The second-order valence-electron chi connectivity index (χ2n) is 6.34. The predicted octanol–water partition coefficient (Wildman–Crippen LogP) is 6.46. The summed E-state index contributed by atoms with van der Waals surface area (Å²) in [6, 6.07) is 0. The quantitative estimate of drug-likeness (QED) is 0.242. The Labute approximate surface area is 154 Å². The van der Waals surface area contributed by atoms with Gasteiger partial charge in [0.2, 0.25) is 0 Å². The number of carboxylic acids is 1. The first kappa shape index (κ1) is 23.6. The normalized spacial score (nSPS) is 13.4. The van der Waals surface area contributed by atoms with Gasteiger partial charge in [-0.25, -0.2) is 4.79 Å². The van der Waals surface area contributed by atoms with Gasteiger partial charge in [0, 0.05) is 6.61 Å². The van der Waals surface area contributed by atoms with Gasteiger partial charge in [-0.1, -0.05) is 69.6 Å². The Bertz CT molecular complexity index is 383. The molecule has 0 aliphatic heterocycles. The summed E-state index contributed by atoms with van der Waals surface area (Å²) in [6.07, 6.45) is 24.7. The van der Waals surface area contributed by atoms with Crippen LogP contribution in [0, 0.1) is 0 Å². The van der Waals surface area contributed by atoms with Crippen LogP contribution < -0.4 is 0 Å².